The predicted molar refractivity (Wildman–Crippen MR) is 78.7 cm³/mol. The van der Waals surface area contributed by atoms with Gasteiger partial charge in [-0.25, -0.2) is 0 Å². The van der Waals surface area contributed by atoms with Crippen LogP contribution >= 0.6 is 0 Å². The van der Waals surface area contributed by atoms with Gasteiger partial charge in [0, 0.05) is 0 Å². The van der Waals surface area contributed by atoms with Crippen LogP contribution in [0.25, 0.3) is 21.9 Å². The van der Waals surface area contributed by atoms with Crippen LogP contribution in [0.5, 0.6) is 0 Å². The molecule has 0 N–H and O–H groups in total. The standard InChI is InChI=1S/C17H16O2/c1-3-4-12-6-8-16-14(10-12)17(18)13-9-11(2)5-7-15(13)19-16/h5-10H,3-4H2,1-2H3. The molecular formula is C17H16O2. The van der Waals surface area contributed by atoms with Gasteiger partial charge in [0.2, 0.25) is 5.43 Å². The first-order valence-corrected chi connectivity index (χ1v) is 6.65. The van der Waals surface area contributed by atoms with Crippen molar-refractivity contribution in [3.8, 4) is 0 Å². The predicted octanol–water partition coefficient (Wildman–Crippen LogP) is 4.21. The third kappa shape index (κ3) is 2.03. The highest BCUT2D eigenvalue weighted by Gasteiger charge is 2.08. The number of rotatable bonds is 2. The van der Waals surface area contributed by atoms with Crippen molar-refractivity contribution in [2.45, 2.75) is 26.7 Å². The van der Waals surface area contributed by atoms with E-state index in [1.165, 1.54) is 5.56 Å². The molecule has 2 aromatic carbocycles. The molecule has 2 heteroatoms. The fraction of sp³-hybridized carbons (Fsp3) is 0.235. The van der Waals surface area contributed by atoms with Crippen LogP contribution in [0.1, 0.15) is 24.5 Å². The zero-order valence-corrected chi connectivity index (χ0v) is 11.2. The number of fused-ring (bicyclic) bond motifs is 2. The van der Waals surface area contributed by atoms with Crippen molar-refractivity contribution in [2.75, 3.05) is 0 Å². The van der Waals surface area contributed by atoms with Crippen LogP contribution in [0.2, 0.25) is 0 Å². The van der Waals surface area contributed by atoms with E-state index >= 15 is 0 Å². The molecule has 1 heterocycles. The van der Waals surface area contributed by atoms with E-state index in [0.717, 1.165) is 18.4 Å². The van der Waals surface area contributed by atoms with Gasteiger partial charge in [-0.1, -0.05) is 31.0 Å². The summed E-state index contributed by atoms with van der Waals surface area (Å²) in [5.74, 6) is 0. The Morgan fingerprint density at radius 1 is 1.00 bits per heavy atom. The van der Waals surface area contributed by atoms with Crippen LogP contribution in [0.3, 0.4) is 0 Å². The Kier molecular flexibility index (Phi) is 2.86. The molecule has 0 aliphatic heterocycles. The van der Waals surface area contributed by atoms with Crippen LogP contribution in [-0.2, 0) is 6.42 Å². The Morgan fingerprint density at radius 3 is 2.42 bits per heavy atom. The third-order valence-corrected chi connectivity index (χ3v) is 3.43. The van der Waals surface area contributed by atoms with Crippen LogP contribution in [-0.4, -0.2) is 0 Å². The molecule has 0 saturated heterocycles. The summed E-state index contributed by atoms with van der Waals surface area (Å²) >= 11 is 0. The van der Waals surface area contributed by atoms with Gasteiger partial charge in [-0.05, 0) is 43.2 Å². The number of aryl methyl sites for hydroxylation is 2. The third-order valence-electron chi connectivity index (χ3n) is 3.43. The molecule has 0 spiro atoms. The zero-order valence-electron chi connectivity index (χ0n) is 11.2. The molecule has 1 aromatic heterocycles. The lowest BCUT2D eigenvalue weighted by molar-refractivity contribution is 0.659. The van der Waals surface area contributed by atoms with Gasteiger partial charge < -0.3 is 4.42 Å². The average molecular weight is 252 g/mol. The fourth-order valence-corrected chi connectivity index (χ4v) is 2.46. The van der Waals surface area contributed by atoms with Crippen molar-refractivity contribution in [1.29, 1.82) is 0 Å². The van der Waals surface area contributed by atoms with Gasteiger partial charge in [-0.15, -0.1) is 0 Å². The van der Waals surface area contributed by atoms with Crippen molar-refractivity contribution in [3.05, 3.63) is 57.7 Å². The Hall–Kier alpha value is -2.09. The lowest BCUT2D eigenvalue weighted by atomic mass is 10.1. The summed E-state index contributed by atoms with van der Waals surface area (Å²) < 4.78 is 5.82. The molecular weight excluding hydrogens is 236 g/mol. The highest BCUT2D eigenvalue weighted by Crippen LogP contribution is 2.20. The summed E-state index contributed by atoms with van der Waals surface area (Å²) in [4.78, 5) is 12.5. The molecule has 3 rings (SSSR count). The lowest BCUT2D eigenvalue weighted by Gasteiger charge is -2.04. The van der Waals surface area contributed by atoms with E-state index in [2.05, 4.69) is 6.92 Å². The highest BCUT2D eigenvalue weighted by molar-refractivity contribution is 5.90. The first-order chi connectivity index (χ1) is 9.19. The summed E-state index contributed by atoms with van der Waals surface area (Å²) in [5, 5.41) is 1.35. The SMILES string of the molecule is CCCc1ccc2oc3ccc(C)cc3c(=O)c2c1. The minimum Gasteiger partial charge on any atom is -0.456 e. The Bertz CT molecular complexity index is 812. The van der Waals surface area contributed by atoms with Crippen LogP contribution < -0.4 is 5.43 Å². The van der Waals surface area contributed by atoms with Gasteiger partial charge >= 0.3 is 0 Å². The first kappa shape index (κ1) is 12.0. The summed E-state index contributed by atoms with van der Waals surface area (Å²) in [7, 11) is 0. The first-order valence-electron chi connectivity index (χ1n) is 6.65. The van der Waals surface area contributed by atoms with Crippen molar-refractivity contribution in [3.63, 3.8) is 0 Å². The quantitative estimate of drug-likeness (QED) is 0.640. The van der Waals surface area contributed by atoms with Gasteiger partial charge in [0.05, 0.1) is 10.8 Å². The molecule has 0 bridgehead atoms. The molecule has 0 aliphatic carbocycles. The van der Waals surface area contributed by atoms with E-state index in [0.29, 0.717) is 21.9 Å². The fourth-order valence-electron chi connectivity index (χ4n) is 2.46. The number of benzene rings is 2. The smallest absolute Gasteiger partial charge is 0.200 e. The van der Waals surface area contributed by atoms with E-state index in [1.54, 1.807) is 0 Å². The zero-order chi connectivity index (χ0) is 13.4. The van der Waals surface area contributed by atoms with E-state index in [4.69, 9.17) is 4.42 Å². The second-order valence-electron chi connectivity index (χ2n) is 5.01. The molecule has 2 nitrogen and oxygen atoms in total. The minimum atomic E-state index is 0.0675. The topological polar surface area (TPSA) is 30.2 Å². The molecule has 19 heavy (non-hydrogen) atoms. The van der Waals surface area contributed by atoms with Crippen LogP contribution in [0, 0.1) is 6.92 Å². The van der Waals surface area contributed by atoms with Gasteiger partial charge in [0.1, 0.15) is 11.2 Å². The summed E-state index contributed by atoms with van der Waals surface area (Å²) in [5.41, 5.74) is 3.66. The van der Waals surface area contributed by atoms with E-state index in [-0.39, 0.29) is 5.43 Å². The van der Waals surface area contributed by atoms with Gasteiger partial charge in [0.25, 0.3) is 0 Å². The lowest BCUT2D eigenvalue weighted by Crippen LogP contribution is -2.03. The second kappa shape index (κ2) is 4.54. The average Bonchev–Trinajstić information content (AvgIpc) is 2.41. The molecule has 3 aromatic rings. The molecule has 0 radical (unpaired) electrons. The Morgan fingerprint density at radius 2 is 1.68 bits per heavy atom. The highest BCUT2D eigenvalue weighted by atomic mass is 16.3. The van der Waals surface area contributed by atoms with Gasteiger partial charge in [-0.2, -0.15) is 0 Å². The van der Waals surface area contributed by atoms with Gasteiger partial charge in [0.15, 0.2) is 0 Å². The Labute approximate surface area is 111 Å². The molecule has 0 saturated carbocycles. The summed E-state index contributed by atoms with van der Waals surface area (Å²) in [6.07, 6.45) is 2.06. The van der Waals surface area contributed by atoms with Crippen molar-refractivity contribution in [2.24, 2.45) is 0 Å². The molecule has 0 amide bonds. The molecule has 0 aliphatic rings. The maximum Gasteiger partial charge on any atom is 0.200 e. The molecule has 0 fully saturated rings. The Balaban J connectivity index is 2.38. The molecule has 96 valence electrons. The summed E-state index contributed by atoms with van der Waals surface area (Å²) in [6.45, 7) is 4.12. The van der Waals surface area contributed by atoms with Crippen LogP contribution in [0.4, 0.5) is 0 Å². The minimum absolute atomic E-state index is 0.0675. The maximum absolute atomic E-state index is 12.5. The van der Waals surface area contributed by atoms with Gasteiger partial charge in [-0.3, -0.25) is 4.79 Å². The van der Waals surface area contributed by atoms with Crippen molar-refractivity contribution >= 4 is 21.9 Å². The van der Waals surface area contributed by atoms with Crippen molar-refractivity contribution < 1.29 is 4.42 Å². The van der Waals surface area contributed by atoms with E-state index in [9.17, 15) is 4.79 Å². The second-order valence-corrected chi connectivity index (χ2v) is 5.01. The normalized spacial score (nSPS) is 11.3. The number of hydrogen-bond donors (Lipinski definition) is 0. The van der Waals surface area contributed by atoms with E-state index in [1.807, 2.05) is 43.3 Å². The number of hydrogen-bond acceptors (Lipinski definition) is 2. The molecule has 0 atom stereocenters. The van der Waals surface area contributed by atoms with Crippen molar-refractivity contribution in [1.82, 2.24) is 0 Å². The molecule has 0 unspecified atom stereocenters. The largest absolute Gasteiger partial charge is 0.456 e. The summed E-state index contributed by atoms with van der Waals surface area (Å²) in [6, 6.07) is 11.6. The monoisotopic (exact) mass is 252 g/mol. The van der Waals surface area contributed by atoms with Crippen LogP contribution in [0.15, 0.2) is 45.6 Å². The van der Waals surface area contributed by atoms with E-state index < -0.39 is 0 Å². The maximum atomic E-state index is 12.5.